The van der Waals surface area contributed by atoms with E-state index in [1.165, 1.54) is 0 Å². The van der Waals surface area contributed by atoms with E-state index in [4.69, 9.17) is 0 Å². The van der Waals surface area contributed by atoms with Crippen LogP contribution in [0.15, 0.2) is 52.3 Å². The van der Waals surface area contributed by atoms with Gasteiger partial charge in [0.25, 0.3) is 0 Å². The highest BCUT2D eigenvalue weighted by atomic mass is 32.2. The second-order valence-electron chi connectivity index (χ2n) is 6.62. The summed E-state index contributed by atoms with van der Waals surface area (Å²) in [5.74, 6) is -0.296. The van der Waals surface area contributed by atoms with Gasteiger partial charge in [0.05, 0.1) is 5.56 Å². The predicted octanol–water partition coefficient (Wildman–Crippen LogP) is 4.33. The van der Waals surface area contributed by atoms with E-state index in [-0.39, 0.29) is 16.9 Å². The third kappa shape index (κ3) is 3.80. The van der Waals surface area contributed by atoms with Crippen LogP contribution < -0.4 is 5.32 Å². The summed E-state index contributed by atoms with van der Waals surface area (Å²) in [7, 11) is -0.705. The van der Waals surface area contributed by atoms with Crippen LogP contribution in [-0.4, -0.2) is 29.2 Å². The first-order valence-corrected chi connectivity index (χ1v) is 10.7. The summed E-state index contributed by atoms with van der Waals surface area (Å²) in [6.45, 7) is 4.57. The Hall–Kier alpha value is -3.04. The van der Waals surface area contributed by atoms with Gasteiger partial charge in [-0.15, -0.1) is 0 Å². The van der Waals surface area contributed by atoms with Crippen LogP contribution in [-0.2, 0) is 6.42 Å². The molecule has 2 aromatic carbocycles. The van der Waals surface area contributed by atoms with Gasteiger partial charge in [0.2, 0.25) is 5.78 Å². The Balaban J connectivity index is 1.89. The van der Waals surface area contributed by atoms with Crippen molar-refractivity contribution < 1.29 is 14.7 Å². The zero-order chi connectivity index (χ0) is 20.3. The number of ketones is 1. The van der Waals surface area contributed by atoms with Gasteiger partial charge in [-0.3, -0.25) is 4.79 Å². The molecule has 5 nitrogen and oxygen atoms in total. The third-order valence-corrected chi connectivity index (χ3v) is 7.08. The number of carboxylic acids is 1. The molecule has 0 fully saturated rings. The minimum absolute atomic E-state index is 0.196. The Morgan fingerprint density at radius 2 is 2.04 bits per heavy atom. The number of Topliss-reactive ketones (excluding diaryl/α,β-unsaturated/α-hetero) is 1. The van der Waals surface area contributed by atoms with Crippen molar-refractivity contribution in [3.05, 3.63) is 69.6 Å². The molecule has 28 heavy (non-hydrogen) atoms. The summed E-state index contributed by atoms with van der Waals surface area (Å²) in [5, 5.41) is 23.6. The molecule has 3 rings (SSSR count). The number of para-hydroxylation sites is 1. The van der Waals surface area contributed by atoms with Gasteiger partial charge in [0, 0.05) is 22.7 Å². The van der Waals surface area contributed by atoms with Crippen LogP contribution in [0.2, 0.25) is 0 Å². The lowest BCUT2D eigenvalue weighted by Crippen LogP contribution is -2.15. The Morgan fingerprint density at radius 3 is 2.71 bits per heavy atom. The topological polar surface area (TPSA) is 90.2 Å². The van der Waals surface area contributed by atoms with E-state index < -0.39 is 16.9 Å². The molecule has 144 valence electrons. The van der Waals surface area contributed by atoms with Gasteiger partial charge < -0.3 is 10.4 Å². The molecule has 0 spiro atoms. The maximum absolute atomic E-state index is 12.7. The largest absolute Gasteiger partial charge is 0.478 e. The Kier molecular flexibility index (Phi) is 5.86. The van der Waals surface area contributed by atoms with Gasteiger partial charge in [-0.2, -0.15) is 5.26 Å². The van der Waals surface area contributed by atoms with E-state index >= 15 is 0 Å². The Morgan fingerprint density at radius 1 is 1.29 bits per heavy atom. The molecule has 1 aliphatic heterocycles. The quantitative estimate of drug-likeness (QED) is 0.635. The highest BCUT2D eigenvalue weighted by molar-refractivity contribution is 8.19. The van der Waals surface area contributed by atoms with Gasteiger partial charge in [-0.25, -0.2) is 15.7 Å². The van der Waals surface area contributed by atoms with Gasteiger partial charge >= 0.3 is 5.97 Å². The number of allylic oxidation sites excluding steroid dienone is 1. The number of hydrogen-bond acceptors (Lipinski definition) is 4. The number of rotatable bonds is 6. The van der Waals surface area contributed by atoms with E-state index in [0.717, 1.165) is 21.8 Å². The standard InChI is InChI=1S/C22H22N2O3S/c1-3-28-13-16(12-23)20(25)18-11-14(2)10-15(21(18)28)8-9-24-19-7-5-4-6-17(19)22(26)27/h4-7,10-11,13,24,28H,3,8-9H2,1-2H3,(H,26,27). The number of nitrogens with zero attached hydrogens (tertiary/aromatic N) is 1. The fourth-order valence-electron chi connectivity index (χ4n) is 3.47. The summed E-state index contributed by atoms with van der Waals surface area (Å²) in [5.41, 5.74) is 3.78. The minimum Gasteiger partial charge on any atom is -0.478 e. The number of carboxylic acid groups (broad SMARTS) is 1. The van der Waals surface area contributed by atoms with Gasteiger partial charge in [0.15, 0.2) is 0 Å². The van der Waals surface area contributed by atoms with Crippen LogP contribution >= 0.6 is 10.9 Å². The monoisotopic (exact) mass is 394 g/mol. The molecule has 1 heterocycles. The number of nitrogens with one attached hydrogen (secondary N) is 1. The lowest BCUT2D eigenvalue weighted by atomic mass is 9.98. The van der Waals surface area contributed by atoms with E-state index in [1.807, 2.05) is 24.5 Å². The number of aryl methyl sites for hydroxylation is 1. The molecule has 2 N–H and O–H groups in total. The normalized spacial score (nSPS) is 16.7. The second kappa shape index (κ2) is 8.32. The molecular weight excluding hydrogens is 372 g/mol. The van der Waals surface area contributed by atoms with Crippen LogP contribution in [0.1, 0.15) is 38.8 Å². The lowest BCUT2D eigenvalue weighted by molar-refractivity contribution is 0.0697. The van der Waals surface area contributed by atoms with Crippen LogP contribution in [0.3, 0.4) is 0 Å². The van der Waals surface area contributed by atoms with Crippen LogP contribution in [0.5, 0.6) is 0 Å². The fraction of sp³-hybridized carbons (Fsp3) is 0.227. The number of aromatic carboxylic acids is 1. The van der Waals surface area contributed by atoms with Crippen LogP contribution in [0, 0.1) is 18.3 Å². The second-order valence-corrected chi connectivity index (χ2v) is 8.89. The molecule has 0 saturated carbocycles. The van der Waals surface area contributed by atoms with Crippen LogP contribution in [0.4, 0.5) is 5.69 Å². The molecule has 6 heteroatoms. The third-order valence-electron chi connectivity index (χ3n) is 4.72. The smallest absolute Gasteiger partial charge is 0.337 e. The fourth-order valence-corrected chi connectivity index (χ4v) is 5.60. The van der Waals surface area contributed by atoms with Crippen molar-refractivity contribution in [2.75, 3.05) is 17.6 Å². The molecule has 2 aromatic rings. The van der Waals surface area contributed by atoms with Crippen molar-refractivity contribution in [1.82, 2.24) is 0 Å². The average Bonchev–Trinajstić information content (AvgIpc) is 2.68. The van der Waals surface area contributed by atoms with Crippen molar-refractivity contribution >= 4 is 28.3 Å². The highest BCUT2D eigenvalue weighted by Crippen LogP contribution is 2.47. The zero-order valence-corrected chi connectivity index (χ0v) is 16.7. The number of nitriles is 1. The van der Waals surface area contributed by atoms with Gasteiger partial charge in [-0.1, -0.05) is 30.7 Å². The molecule has 0 aromatic heterocycles. The number of thiol groups is 1. The highest BCUT2D eigenvalue weighted by Gasteiger charge is 2.27. The van der Waals surface area contributed by atoms with Crippen molar-refractivity contribution in [1.29, 1.82) is 5.26 Å². The average molecular weight is 394 g/mol. The minimum atomic E-state index is -0.967. The number of fused-ring (bicyclic) bond motifs is 1. The van der Waals surface area contributed by atoms with E-state index in [1.54, 1.807) is 24.3 Å². The van der Waals surface area contributed by atoms with Crippen molar-refractivity contribution in [3.8, 4) is 6.07 Å². The van der Waals surface area contributed by atoms with E-state index in [0.29, 0.717) is 24.2 Å². The SMILES string of the molecule is CC[SH]1C=C(C#N)C(=O)c2cc(C)cc(CCNc3ccccc3C(=O)O)c21. The Bertz CT molecular complexity index is 1020. The molecule has 0 saturated heterocycles. The number of hydrogen-bond donors (Lipinski definition) is 3. The Labute approximate surface area is 167 Å². The molecule has 0 amide bonds. The first kappa shape index (κ1) is 19.7. The summed E-state index contributed by atoms with van der Waals surface area (Å²) < 4.78 is 0. The zero-order valence-electron chi connectivity index (χ0n) is 15.8. The molecule has 1 aliphatic rings. The van der Waals surface area contributed by atoms with Crippen molar-refractivity contribution in [2.45, 2.75) is 25.2 Å². The summed E-state index contributed by atoms with van der Waals surface area (Å²) >= 11 is 0. The van der Waals surface area contributed by atoms with Gasteiger partial charge in [-0.05, 0) is 48.3 Å². The number of anilines is 1. The molecule has 1 unspecified atom stereocenters. The lowest BCUT2D eigenvalue weighted by Gasteiger charge is -2.27. The first-order valence-electron chi connectivity index (χ1n) is 9.09. The van der Waals surface area contributed by atoms with Crippen molar-refractivity contribution in [3.63, 3.8) is 0 Å². The van der Waals surface area contributed by atoms with E-state index in [2.05, 4.69) is 18.3 Å². The number of benzene rings is 2. The maximum Gasteiger partial charge on any atom is 0.337 e. The first-order chi connectivity index (χ1) is 13.5. The molecule has 0 bridgehead atoms. The number of carbonyl (C=O) groups is 2. The summed E-state index contributed by atoms with van der Waals surface area (Å²) in [6, 6.07) is 12.8. The number of carbonyl (C=O) groups excluding carboxylic acids is 1. The summed E-state index contributed by atoms with van der Waals surface area (Å²) in [6.07, 6.45) is 0.666. The van der Waals surface area contributed by atoms with Crippen molar-refractivity contribution in [2.24, 2.45) is 0 Å². The molecule has 1 atom stereocenters. The predicted molar refractivity (Wildman–Crippen MR) is 113 cm³/mol. The molecule has 0 aliphatic carbocycles. The molecule has 0 radical (unpaired) electrons. The maximum atomic E-state index is 12.7. The van der Waals surface area contributed by atoms with Gasteiger partial charge in [0.1, 0.15) is 11.6 Å². The summed E-state index contributed by atoms with van der Waals surface area (Å²) in [4.78, 5) is 25.1. The molecular formula is C22H22N2O3S. The van der Waals surface area contributed by atoms with Crippen LogP contribution in [0.25, 0.3) is 0 Å². The van der Waals surface area contributed by atoms with E-state index in [9.17, 15) is 20.0 Å².